The van der Waals surface area contributed by atoms with Gasteiger partial charge in [-0.15, -0.1) is 0 Å². The number of amides is 1. The van der Waals surface area contributed by atoms with Crippen molar-refractivity contribution in [2.45, 2.75) is 38.6 Å². The molecule has 2 N–H and O–H groups in total. The Kier molecular flexibility index (Phi) is 4.80. The van der Waals surface area contributed by atoms with Gasteiger partial charge in [-0.1, -0.05) is 25.0 Å². The molecule has 1 amide bonds. The summed E-state index contributed by atoms with van der Waals surface area (Å²) in [6.45, 7) is 1.75. The molecule has 7 heteroatoms. The highest BCUT2D eigenvalue weighted by atomic mass is 19.1. The van der Waals surface area contributed by atoms with Crippen LogP contribution >= 0.6 is 0 Å². The molecule has 1 aromatic carbocycles. The first-order valence-electron chi connectivity index (χ1n) is 8.56. The second-order valence-electron chi connectivity index (χ2n) is 6.66. The summed E-state index contributed by atoms with van der Waals surface area (Å²) < 4.78 is 17.9. The number of methoxy groups -OCH3 is 1. The van der Waals surface area contributed by atoms with Crippen LogP contribution in [-0.2, 0) is 14.3 Å². The number of aliphatic hydroxyl groups is 1. The Balaban J connectivity index is 2.05. The standard InChI is InChI=1S/C19H21FN2O4/c1-11(12-5-7-13(20)8-6-12)21-16-14(17(24)26-2)15(23)19(18(25)22-16)9-3-4-10-19/h5-8,11,23H,3-4,9-10H2,1-2H3,(H,21,22,25)/t11-/m0/s1. The fraction of sp³-hybridized carbons (Fsp3) is 0.421. The van der Waals surface area contributed by atoms with Crippen molar-refractivity contribution >= 4 is 17.7 Å². The van der Waals surface area contributed by atoms with Crippen molar-refractivity contribution in [1.82, 2.24) is 5.32 Å². The zero-order chi connectivity index (χ0) is 18.9. The molecule has 138 valence electrons. The number of halogens is 1. The lowest BCUT2D eigenvalue weighted by Gasteiger charge is -2.33. The molecule has 1 aromatic rings. The Morgan fingerprint density at radius 3 is 2.50 bits per heavy atom. The van der Waals surface area contributed by atoms with Crippen LogP contribution in [0.1, 0.15) is 44.2 Å². The molecule has 26 heavy (non-hydrogen) atoms. The summed E-state index contributed by atoms with van der Waals surface area (Å²) in [5.74, 6) is -1.76. The molecular formula is C19H21FN2O4. The van der Waals surface area contributed by atoms with Crippen LogP contribution in [0.5, 0.6) is 0 Å². The average Bonchev–Trinajstić information content (AvgIpc) is 3.11. The summed E-state index contributed by atoms with van der Waals surface area (Å²) >= 11 is 0. The van der Waals surface area contributed by atoms with Crippen LogP contribution < -0.4 is 5.32 Å². The lowest BCUT2D eigenvalue weighted by Crippen LogP contribution is -2.51. The van der Waals surface area contributed by atoms with Crippen LogP contribution in [0.4, 0.5) is 4.39 Å². The number of aliphatic hydroxyl groups excluding tert-OH is 1. The van der Waals surface area contributed by atoms with E-state index in [9.17, 15) is 19.1 Å². The monoisotopic (exact) mass is 360 g/mol. The van der Waals surface area contributed by atoms with Crippen LogP contribution in [0.3, 0.4) is 0 Å². The number of rotatable bonds is 3. The SMILES string of the molecule is COC(=O)C1=C(O)C2(CCCC2)C(=O)NC1=N[C@@H](C)c1ccc(F)cc1. The Morgan fingerprint density at radius 1 is 1.31 bits per heavy atom. The van der Waals surface area contributed by atoms with Gasteiger partial charge in [0.1, 0.15) is 28.4 Å². The molecule has 2 aliphatic rings. The average molecular weight is 360 g/mol. The minimum absolute atomic E-state index is 0.0197. The van der Waals surface area contributed by atoms with E-state index in [1.165, 1.54) is 19.2 Å². The number of esters is 1. The van der Waals surface area contributed by atoms with Crippen LogP contribution in [-0.4, -0.2) is 29.9 Å². The normalized spacial score (nSPS) is 21.8. The van der Waals surface area contributed by atoms with Gasteiger partial charge < -0.3 is 15.2 Å². The molecule has 1 heterocycles. The molecule has 1 fully saturated rings. The number of carbonyl (C=O) groups excluding carboxylic acids is 2. The number of amidine groups is 1. The Bertz CT molecular complexity index is 792. The third kappa shape index (κ3) is 2.98. The van der Waals surface area contributed by atoms with Crippen molar-refractivity contribution in [2.75, 3.05) is 7.11 Å². The van der Waals surface area contributed by atoms with Crippen LogP contribution in [0, 0.1) is 11.2 Å². The Hall–Kier alpha value is -2.70. The van der Waals surface area contributed by atoms with Crippen molar-refractivity contribution in [3.63, 3.8) is 0 Å². The van der Waals surface area contributed by atoms with E-state index in [2.05, 4.69) is 10.3 Å². The fourth-order valence-corrected chi connectivity index (χ4v) is 3.59. The van der Waals surface area contributed by atoms with Crippen molar-refractivity contribution in [2.24, 2.45) is 10.4 Å². The van der Waals surface area contributed by atoms with E-state index >= 15 is 0 Å². The summed E-state index contributed by atoms with van der Waals surface area (Å²) in [5.41, 5.74) is -0.484. The van der Waals surface area contributed by atoms with Crippen molar-refractivity contribution in [3.8, 4) is 0 Å². The van der Waals surface area contributed by atoms with Gasteiger partial charge in [0, 0.05) is 0 Å². The van der Waals surface area contributed by atoms with E-state index < -0.39 is 17.4 Å². The zero-order valence-electron chi connectivity index (χ0n) is 14.7. The number of nitrogens with one attached hydrogen (secondary N) is 1. The molecule has 0 aromatic heterocycles. The second kappa shape index (κ2) is 6.90. The predicted octanol–water partition coefficient (Wildman–Crippen LogP) is 2.96. The maximum absolute atomic E-state index is 13.1. The summed E-state index contributed by atoms with van der Waals surface area (Å²) in [7, 11) is 1.21. The lowest BCUT2D eigenvalue weighted by atomic mass is 9.78. The van der Waals surface area contributed by atoms with E-state index in [-0.39, 0.29) is 28.9 Å². The first-order chi connectivity index (χ1) is 12.4. The quantitative estimate of drug-likeness (QED) is 0.811. The maximum Gasteiger partial charge on any atom is 0.345 e. The molecule has 1 aliphatic heterocycles. The molecule has 1 atom stereocenters. The Labute approximate surface area is 150 Å². The predicted molar refractivity (Wildman–Crippen MR) is 93.0 cm³/mol. The zero-order valence-corrected chi connectivity index (χ0v) is 14.7. The fourth-order valence-electron chi connectivity index (χ4n) is 3.59. The van der Waals surface area contributed by atoms with Gasteiger partial charge in [0.05, 0.1) is 13.2 Å². The molecule has 0 bridgehead atoms. The van der Waals surface area contributed by atoms with Gasteiger partial charge in [0.2, 0.25) is 5.91 Å². The topological polar surface area (TPSA) is 88.0 Å². The molecule has 3 rings (SSSR count). The van der Waals surface area contributed by atoms with E-state index in [1.807, 2.05) is 0 Å². The summed E-state index contributed by atoms with van der Waals surface area (Å²) in [4.78, 5) is 29.3. The molecular weight excluding hydrogens is 339 g/mol. The number of nitrogens with zero attached hydrogens (tertiary/aromatic N) is 1. The van der Waals surface area contributed by atoms with Gasteiger partial charge in [0.25, 0.3) is 0 Å². The van der Waals surface area contributed by atoms with Crippen LogP contribution in [0.2, 0.25) is 0 Å². The molecule has 0 radical (unpaired) electrons. The van der Waals surface area contributed by atoms with Crippen LogP contribution in [0.25, 0.3) is 0 Å². The molecule has 1 aliphatic carbocycles. The first kappa shape index (κ1) is 18.1. The van der Waals surface area contributed by atoms with Crippen LogP contribution in [0.15, 0.2) is 40.6 Å². The maximum atomic E-state index is 13.1. The van der Waals surface area contributed by atoms with Gasteiger partial charge >= 0.3 is 5.97 Å². The van der Waals surface area contributed by atoms with Gasteiger partial charge in [0.15, 0.2) is 0 Å². The van der Waals surface area contributed by atoms with Crippen molar-refractivity contribution in [3.05, 3.63) is 47.0 Å². The summed E-state index contributed by atoms with van der Waals surface area (Å²) in [5, 5.41) is 13.4. The molecule has 1 saturated carbocycles. The highest BCUT2D eigenvalue weighted by Crippen LogP contribution is 2.46. The van der Waals surface area contributed by atoms with Gasteiger partial charge in [-0.2, -0.15) is 0 Å². The van der Waals surface area contributed by atoms with Gasteiger partial charge in [-0.05, 0) is 37.5 Å². The summed E-state index contributed by atoms with van der Waals surface area (Å²) in [6, 6.07) is 5.32. The first-order valence-corrected chi connectivity index (χ1v) is 8.56. The highest BCUT2D eigenvalue weighted by molar-refractivity contribution is 6.26. The molecule has 0 saturated heterocycles. The third-order valence-electron chi connectivity index (χ3n) is 5.12. The van der Waals surface area contributed by atoms with E-state index in [0.29, 0.717) is 18.4 Å². The number of benzene rings is 1. The third-order valence-corrected chi connectivity index (χ3v) is 5.12. The van der Waals surface area contributed by atoms with E-state index in [0.717, 1.165) is 12.8 Å². The van der Waals surface area contributed by atoms with Gasteiger partial charge in [-0.25, -0.2) is 9.18 Å². The number of carbonyl (C=O) groups is 2. The molecule has 6 nitrogen and oxygen atoms in total. The summed E-state index contributed by atoms with van der Waals surface area (Å²) in [6.07, 6.45) is 2.55. The molecule has 1 spiro atoms. The smallest absolute Gasteiger partial charge is 0.345 e. The number of hydrogen-bond acceptors (Lipinski definition) is 5. The molecule has 0 unspecified atom stereocenters. The highest BCUT2D eigenvalue weighted by Gasteiger charge is 2.51. The largest absolute Gasteiger partial charge is 0.510 e. The lowest BCUT2D eigenvalue weighted by molar-refractivity contribution is -0.136. The van der Waals surface area contributed by atoms with Crippen molar-refractivity contribution < 1.29 is 23.8 Å². The number of ether oxygens (including phenoxy) is 1. The van der Waals surface area contributed by atoms with E-state index in [4.69, 9.17) is 4.74 Å². The number of aliphatic imine (C=N–C) groups is 1. The van der Waals surface area contributed by atoms with Gasteiger partial charge in [-0.3, -0.25) is 9.79 Å². The Morgan fingerprint density at radius 2 is 1.92 bits per heavy atom. The number of hydrogen-bond donors (Lipinski definition) is 2. The second-order valence-corrected chi connectivity index (χ2v) is 6.66. The van der Waals surface area contributed by atoms with Crippen molar-refractivity contribution in [1.29, 1.82) is 0 Å². The van der Waals surface area contributed by atoms with E-state index in [1.54, 1.807) is 19.1 Å². The minimum atomic E-state index is -1.08. The minimum Gasteiger partial charge on any atom is -0.510 e.